The van der Waals surface area contributed by atoms with Gasteiger partial charge in [-0.05, 0) is 93.5 Å². The molecular weight excluding hydrogens is 603 g/mol. The van der Waals surface area contributed by atoms with Gasteiger partial charge in [0.25, 0.3) is 10.0 Å². The molecule has 5 rings (SSSR count). The van der Waals surface area contributed by atoms with Crippen molar-refractivity contribution in [3.63, 3.8) is 0 Å². The number of aromatic nitrogens is 1. The number of nitrogens with zero attached hydrogens (tertiary/aromatic N) is 2. The minimum Gasteiger partial charge on any atom is -0.485 e. The number of alkyl halides is 3. The number of fused-ring (bicyclic) bond motifs is 1. The molecule has 3 aromatic rings. The summed E-state index contributed by atoms with van der Waals surface area (Å²) in [7, 11) is -3.85. The van der Waals surface area contributed by atoms with Crippen LogP contribution in [0.5, 0.6) is 5.75 Å². The molecule has 0 bridgehead atoms. The van der Waals surface area contributed by atoms with E-state index in [1.54, 1.807) is 44.4 Å². The molecular formula is C30H32F3N3O5S2. The Kier molecular flexibility index (Phi) is 8.50. The van der Waals surface area contributed by atoms with Crippen molar-refractivity contribution in [1.82, 2.24) is 9.88 Å². The van der Waals surface area contributed by atoms with Crippen LogP contribution in [-0.4, -0.2) is 43.1 Å². The van der Waals surface area contributed by atoms with Crippen molar-refractivity contribution in [2.24, 2.45) is 0 Å². The van der Waals surface area contributed by atoms with Gasteiger partial charge in [-0.2, -0.15) is 13.2 Å². The molecule has 13 heteroatoms. The number of carbonyl (C=O) groups excluding carboxylic acids is 1. The van der Waals surface area contributed by atoms with Crippen molar-refractivity contribution in [1.29, 1.82) is 0 Å². The van der Waals surface area contributed by atoms with Crippen LogP contribution in [0.4, 0.5) is 23.1 Å². The van der Waals surface area contributed by atoms with Crippen molar-refractivity contribution in [2.45, 2.75) is 69.2 Å². The Hall–Kier alpha value is -3.58. The molecule has 1 aliphatic heterocycles. The van der Waals surface area contributed by atoms with Crippen molar-refractivity contribution < 1.29 is 35.9 Å². The van der Waals surface area contributed by atoms with Crippen LogP contribution in [0.3, 0.4) is 0 Å². The zero-order chi connectivity index (χ0) is 31.0. The third kappa shape index (κ3) is 7.32. The minimum absolute atomic E-state index is 0.0965. The lowest BCUT2D eigenvalue weighted by atomic mass is 9.89. The summed E-state index contributed by atoms with van der Waals surface area (Å²) < 4.78 is 81.3. The first-order chi connectivity index (χ1) is 20.2. The van der Waals surface area contributed by atoms with E-state index in [1.807, 2.05) is 0 Å². The van der Waals surface area contributed by atoms with Crippen LogP contribution >= 0.6 is 11.3 Å². The molecule has 0 unspecified atom stereocenters. The average Bonchev–Trinajstić information content (AvgIpc) is 3.44. The van der Waals surface area contributed by atoms with Crippen molar-refractivity contribution in [3.05, 3.63) is 76.3 Å². The fraction of sp³-hybridized carbons (Fsp3) is 0.400. The van der Waals surface area contributed by atoms with E-state index >= 15 is 0 Å². The highest BCUT2D eigenvalue weighted by molar-refractivity contribution is 7.93. The molecule has 0 fully saturated rings. The zero-order valence-corrected chi connectivity index (χ0v) is 25.5. The topological polar surface area (TPSA) is 97.8 Å². The fourth-order valence-corrected chi connectivity index (χ4v) is 6.94. The number of amides is 1. The number of thiazole rings is 1. The van der Waals surface area contributed by atoms with Gasteiger partial charge in [0.15, 0.2) is 5.13 Å². The van der Waals surface area contributed by atoms with Gasteiger partial charge in [-0.25, -0.2) is 18.2 Å². The van der Waals surface area contributed by atoms with Crippen molar-refractivity contribution in [2.75, 3.05) is 17.8 Å². The second-order valence-electron chi connectivity index (χ2n) is 11.4. The van der Waals surface area contributed by atoms with Crippen LogP contribution in [0.25, 0.3) is 5.57 Å². The first-order valence-electron chi connectivity index (χ1n) is 13.8. The lowest BCUT2D eigenvalue weighted by Gasteiger charge is -2.31. The summed E-state index contributed by atoms with van der Waals surface area (Å²) >= 11 is 1.17. The molecule has 43 heavy (non-hydrogen) atoms. The second-order valence-corrected chi connectivity index (χ2v) is 14.0. The molecule has 8 nitrogen and oxygen atoms in total. The zero-order valence-electron chi connectivity index (χ0n) is 23.9. The molecule has 230 valence electrons. The molecule has 1 aliphatic carbocycles. The molecule has 0 saturated heterocycles. The standard InChI is InChI=1S/C30H32F3N3O5S2/c1-29(2,3)41-28(37)36-14-11-19(12-15-36)24-18-21(30(31,32)33)7-10-26(24)40-25-6-4-5-20-17-22(8-9-23(20)25)43(38,39)35-27-34-13-16-42-27/h7-11,13,16-18,25H,4-6,12,14-15H2,1-3H3,(H,34,35)/t25-/m0/s1. The van der Waals surface area contributed by atoms with Crippen LogP contribution in [0.15, 0.2) is 58.9 Å². The molecule has 2 aliphatic rings. The first kappa shape index (κ1) is 30.9. The van der Waals surface area contributed by atoms with Gasteiger partial charge in [-0.3, -0.25) is 4.72 Å². The highest BCUT2D eigenvalue weighted by Gasteiger charge is 2.33. The third-order valence-corrected chi connectivity index (χ3v) is 9.28. The van der Waals surface area contributed by atoms with Crippen molar-refractivity contribution >= 4 is 38.2 Å². The predicted molar refractivity (Wildman–Crippen MR) is 158 cm³/mol. The van der Waals surface area contributed by atoms with Gasteiger partial charge in [0.1, 0.15) is 17.5 Å². The van der Waals surface area contributed by atoms with Crippen LogP contribution in [-0.2, 0) is 27.4 Å². The minimum atomic E-state index is -4.54. The second kappa shape index (κ2) is 11.8. The van der Waals surface area contributed by atoms with Gasteiger partial charge in [0.2, 0.25) is 0 Å². The van der Waals surface area contributed by atoms with Gasteiger partial charge in [0, 0.05) is 30.2 Å². The molecule has 0 spiro atoms. The Morgan fingerprint density at radius 1 is 1.12 bits per heavy atom. The third-order valence-electron chi connectivity index (χ3n) is 7.12. The Balaban J connectivity index is 1.41. The number of carbonyl (C=O) groups is 1. The van der Waals surface area contributed by atoms with E-state index in [2.05, 4.69) is 9.71 Å². The summed E-state index contributed by atoms with van der Waals surface area (Å²) in [6.45, 7) is 5.79. The van der Waals surface area contributed by atoms with Gasteiger partial charge < -0.3 is 14.4 Å². The summed E-state index contributed by atoms with van der Waals surface area (Å²) in [6, 6.07) is 8.25. The number of ether oxygens (including phenoxy) is 2. The number of hydrogen-bond acceptors (Lipinski definition) is 7. The lowest BCUT2D eigenvalue weighted by Crippen LogP contribution is -2.39. The number of sulfonamides is 1. The molecule has 1 atom stereocenters. The van der Waals surface area contributed by atoms with Crippen molar-refractivity contribution in [3.8, 4) is 5.75 Å². The number of hydrogen-bond donors (Lipinski definition) is 1. The quantitative estimate of drug-likeness (QED) is 0.302. The largest absolute Gasteiger partial charge is 0.485 e. The van der Waals surface area contributed by atoms with Crippen LogP contribution in [0.1, 0.15) is 68.4 Å². The summed E-state index contributed by atoms with van der Waals surface area (Å²) in [5.41, 5.74) is 1.10. The molecule has 1 N–H and O–H groups in total. The number of halogens is 3. The molecule has 0 saturated carbocycles. The number of anilines is 1. The summed E-state index contributed by atoms with van der Waals surface area (Å²) in [6.07, 6.45) is 0.0251. The average molecular weight is 636 g/mol. The maximum Gasteiger partial charge on any atom is 0.416 e. The number of aryl methyl sites for hydroxylation is 1. The molecule has 1 amide bonds. The number of nitrogens with one attached hydrogen (secondary N) is 1. The number of benzene rings is 2. The Morgan fingerprint density at radius 3 is 2.56 bits per heavy atom. The number of rotatable bonds is 6. The van der Waals surface area contributed by atoms with E-state index in [4.69, 9.17) is 9.47 Å². The van der Waals surface area contributed by atoms with Crippen LogP contribution < -0.4 is 9.46 Å². The monoisotopic (exact) mass is 635 g/mol. The summed E-state index contributed by atoms with van der Waals surface area (Å²) in [5, 5.41) is 1.93. The Labute approximate surface area is 252 Å². The highest BCUT2D eigenvalue weighted by atomic mass is 32.2. The Bertz CT molecular complexity index is 1630. The van der Waals surface area contributed by atoms with Crippen LogP contribution in [0, 0.1) is 0 Å². The first-order valence-corrected chi connectivity index (χ1v) is 16.2. The lowest BCUT2D eigenvalue weighted by molar-refractivity contribution is -0.137. The molecule has 1 aromatic heterocycles. The molecule has 2 heterocycles. The molecule has 0 radical (unpaired) electrons. The van der Waals surface area contributed by atoms with Gasteiger partial charge in [0.05, 0.1) is 10.5 Å². The van der Waals surface area contributed by atoms with Gasteiger partial charge >= 0.3 is 12.3 Å². The predicted octanol–water partition coefficient (Wildman–Crippen LogP) is 7.44. The SMILES string of the molecule is CC(C)(C)OC(=O)N1CC=C(c2cc(C(F)(F)F)ccc2O[C@H]2CCCc3cc(S(=O)(=O)Nc4nccs4)ccc32)CC1. The summed E-state index contributed by atoms with van der Waals surface area (Å²) in [5.74, 6) is 0.296. The van der Waals surface area contributed by atoms with E-state index in [-0.39, 0.29) is 23.1 Å². The van der Waals surface area contributed by atoms with E-state index < -0.39 is 39.6 Å². The fourth-order valence-electron chi connectivity index (χ4n) is 5.10. The smallest absolute Gasteiger partial charge is 0.416 e. The Morgan fingerprint density at radius 2 is 1.91 bits per heavy atom. The van der Waals surface area contributed by atoms with E-state index in [9.17, 15) is 26.4 Å². The normalized spacial score (nSPS) is 17.6. The van der Waals surface area contributed by atoms with E-state index in [0.717, 1.165) is 23.3 Å². The molecule has 2 aromatic carbocycles. The van der Waals surface area contributed by atoms with E-state index in [0.29, 0.717) is 42.6 Å². The summed E-state index contributed by atoms with van der Waals surface area (Å²) in [4.78, 5) is 18.1. The maximum absolute atomic E-state index is 13.7. The van der Waals surface area contributed by atoms with E-state index in [1.165, 1.54) is 34.6 Å². The highest BCUT2D eigenvalue weighted by Crippen LogP contribution is 2.41. The maximum atomic E-state index is 13.7. The van der Waals surface area contributed by atoms with Crippen LogP contribution in [0.2, 0.25) is 0 Å². The van der Waals surface area contributed by atoms with Gasteiger partial charge in [-0.1, -0.05) is 12.1 Å². The van der Waals surface area contributed by atoms with Gasteiger partial charge in [-0.15, -0.1) is 11.3 Å².